The Bertz CT molecular complexity index is 513. The molecule has 2 aromatic rings. The third-order valence-corrected chi connectivity index (χ3v) is 2.26. The zero-order valence-corrected chi connectivity index (χ0v) is 8.78. The third kappa shape index (κ3) is 1.75. The Morgan fingerprint density at radius 3 is 2.56 bits per heavy atom. The van der Waals surface area contributed by atoms with Gasteiger partial charge >= 0.3 is 6.18 Å². The van der Waals surface area contributed by atoms with Crippen molar-refractivity contribution in [2.24, 2.45) is 0 Å². The molecule has 6 heteroatoms. The fraction of sp³-hybridized carbons (Fsp3) is 0.400. The molecule has 0 aliphatic carbocycles. The van der Waals surface area contributed by atoms with E-state index in [-0.39, 0.29) is 11.6 Å². The van der Waals surface area contributed by atoms with Gasteiger partial charge in [-0.3, -0.25) is 0 Å². The van der Waals surface area contributed by atoms with Crippen LogP contribution in [0.15, 0.2) is 18.3 Å². The highest BCUT2D eigenvalue weighted by Crippen LogP contribution is 2.30. The van der Waals surface area contributed by atoms with Crippen molar-refractivity contribution >= 4 is 5.65 Å². The first kappa shape index (κ1) is 10.9. The first-order valence-electron chi connectivity index (χ1n) is 4.81. The lowest BCUT2D eigenvalue weighted by atomic mass is 10.1. The van der Waals surface area contributed by atoms with E-state index in [1.165, 1.54) is 12.3 Å². The molecule has 0 bridgehead atoms. The van der Waals surface area contributed by atoms with Crippen LogP contribution in [0.3, 0.4) is 0 Å². The van der Waals surface area contributed by atoms with Crippen molar-refractivity contribution in [1.29, 1.82) is 0 Å². The first-order chi connectivity index (χ1) is 7.39. The van der Waals surface area contributed by atoms with Crippen LogP contribution in [0.2, 0.25) is 0 Å². The maximum absolute atomic E-state index is 12.8. The number of halogens is 3. The van der Waals surface area contributed by atoms with Gasteiger partial charge in [0, 0.05) is 11.8 Å². The number of hydrogen-bond donors (Lipinski definition) is 0. The standard InChI is InChI=1S/C10H10F3N3/c1-6(2)7-5-8(10(11,12)13)16-9(15-7)3-4-14-16/h3-6H,1-2H3. The van der Waals surface area contributed by atoms with Crippen molar-refractivity contribution in [1.82, 2.24) is 14.6 Å². The van der Waals surface area contributed by atoms with E-state index in [4.69, 9.17) is 0 Å². The predicted molar refractivity (Wildman–Crippen MR) is 52.1 cm³/mol. The second-order valence-electron chi connectivity index (χ2n) is 3.82. The van der Waals surface area contributed by atoms with Crippen molar-refractivity contribution in [2.75, 3.05) is 0 Å². The molecule has 0 N–H and O–H groups in total. The summed E-state index contributed by atoms with van der Waals surface area (Å²) in [4.78, 5) is 4.11. The summed E-state index contributed by atoms with van der Waals surface area (Å²) < 4.78 is 39.1. The van der Waals surface area contributed by atoms with Crippen molar-refractivity contribution in [3.8, 4) is 0 Å². The van der Waals surface area contributed by atoms with Gasteiger partial charge in [0.15, 0.2) is 5.65 Å². The van der Waals surface area contributed by atoms with Crippen LogP contribution in [-0.4, -0.2) is 14.6 Å². The largest absolute Gasteiger partial charge is 0.433 e. The lowest BCUT2D eigenvalue weighted by Gasteiger charge is -2.12. The van der Waals surface area contributed by atoms with Crippen LogP contribution in [0, 0.1) is 0 Å². The molecule has 2 heterocycles. The number of hydrogen-bond acceptors (Lipinski definition) is 2. The lowest BCUT2D eigenvalue weighted by molar-refractivity contribution is -0.142. The lowest BCUT2D eigenvalue weighted by Crippen LogP contribution is -2.14. The fourth-order valence-corrected chi connectivity index (χ4v) is 1.43. The highest BCUT2D eigenvalue weighted by molar-refractivity contribution is 5.40. The van der Waals surface area contributed by atoms with Gasteiger partial charge in [-0.2, -0.15) is 18.3 Å². The second-order valence-corrected chi connectivity index (χ2v) is 3.82. The molecule has 2 rings (SSSR count). The smallest absolute Gasteiger partial charge is 0.233 e. The van der Waals surface area contributed by atoms with Crippen LogP contribution >= 0.6 is 0 Å². The summed E-state index contributed by atoms with van der Waals surface area (Å²) in [6.07, 6.45) is -3.11. The van der Waals surface area contributed by atoms with E-state index in [1.54, 1.807) is 13.8 Å². The zero-order chi connectivity index (χ0) is 11.9. The van der Waals surface area contributed by atoms with E-state index < -0.39 is 11.9 Å². The maximum Gasteiger partial charge on any atom is 0.433 e. The minimum absolute atomic E-state index is 0.0546. The topological polar surface area (TPSA) is 30.2 Å². The molecule has 0 aromatic carbocycles. The Morgan fingerprint density at radius 1 is 1.31 bits per heavy atom. The van der Waals surface area contributed by atoms with Crippen LogP contribution in [0.5, 0.6) is 0 Å². The van der Waals surface area contributed by atoms with Gasteiger partial charge in [-0.1, -0.05) is 13.8 Å². The van der Waals surface area contributed by atoms with Gasteiger partial charge in [-0.25, -0.2) is 9.50 Å². The summed E-state index contributed by atoms with van der Waals surface area (Å²) >= 11 is 0. The van der Waals surface area contributed by atoms with E-state index in [9.17, 15) is 13.2 Å². The van der Waals surface area contributed by atoms with Gasteiger partial charge in [0.25, 0.3) is 0 Å². The fourth-order valence-electron chi connectivity index (χ4n) is 1.43. The molecular formula is C10H10F3N3. The number of nitrogens with zero attached hydrogens (tertiary/aromatic N) is 3. The maximum atomic E-state index is 12.8. The highest BCUT2D eigenvalue weighted by Gasteiger charge is 2.35. The second kappa shape index (κ2) is 3.47. The van der Waals surface area contributed by atoms with Gasteiger partial charge in [0.05, 0.1) is 6.20 Å². The van der Waals surface area contributed by atoms with Gasteiger partial charge in [-0.15, -0.1) is 0 Å². The summed E-state index contributed by atoms with van der Waals surface area (Å²) in [5.74, 6) is -0.0546. The monoisotopic (exact) mass is 229 g/mol. The van der Waals surface area contributed by atoms with Crippen LogP contribution in [-0.2, 0) is 6.18 Å². The number of alkyl halides is 3. The minimum atomic E-state index is -4.42. The molecule has 0 saturated heterocycles. The average Bonchev–Trinajstić information content (AvgIpc) is 2.61. The van der Waals surface area contributed by atoms with E-state index >= 15 is 0 Å². The Hall–Kier alpha value is -1.59. The summed E-state index contributed by atoms with van der Waals surface area (Å²) in [6.45, 7) is 3.60. The van der Waals surface area contributed by atoms with Crippen LogP contribution < -0.4 is 0 Å². The molecule has 0 fully saturated rings. The summed E-state index contributed by atoms with van der Waals surface area (Å²) in [6, 6.07) is 2.51. The molecule has 0 radical (unpaired) electrons. The molecule has 0 spiro atoms. The predicted octanol–water partition coefficient (Wildman–Crippen LogP) is 2.87. The molecule has 0 amide bonds. The molecule has 2 aromatic heterocycles. The van der Waals surface area contributed by atoms with Gasteiger partial charge < -0.3 is 0 Å². The summed E-state index contributed by atoms with van der Waals surface area (Å²) in [7, 11) is 0. The van der Waals surface area contributed by atoms with Crippen molar-refractivity contribution in [2.45, 2.75) is 25.9 Å². The minimum Gasteiger partial charge on any atom is -0.233 e. The van der Waals surface area contributed by atoms with Crippen molar-refractivity contribution < 1.29 is 13.2 Å². The molecular weight excluding hydrogens is 219 g/mol. The van der Waals surface area contributed by atoms with Crippen LogP contribution in [0.4, 0.5) is 13.2 Å². The summed E-state index contributed by atoms with van der Waals surface area (Å²) in [5, 5.41) is 3.62. The summed E-state index contributed by atoms with van der Waals surface area (Å²) in [5.41, 5.74) is -0.148. The molecule has 0 saturated carbocycles. The number of rotatable bonds is 1. The quantitative estimate of drug-likeness (QED) is 0.752. The molecule has 0 atom stereocenters. The molecule has 3 nitrogen and oxygen atoms in total. The van der Waals surface area contributed by atoms with Crippen molar-refractivity contribution in [3.63, 3.8) is 0 Å². The van der Waals surface area contributed by atoms with Gasteiger partial charge in [0.1, 0.15) is 5.69 Å². The Kier molecular flexibility index (Phi) is 2.36. The van der Waals surface area contributed by atoms with E-state index in [0.29, 0.717) is 5.69 Å². The first-order valence-corrected chi connectivity index (χ1v) is 4.81. The molecule has 16 heavy (non-hydrogen) atoms. The molecule has 0 aliphatic rings. The van der Waals surface area contributed by atoms with E-state index in [0.717, 1.165) is 10.6 Å². The van der Waals surface area contributed by atoms with Crippen LogP contribution in [0.1, 0.15) is 31.2 Å². The Labute approximate surface area is 89.9 Å². The highest BCUT2D eigenvalue weighted by atomic mass is 19.4. The number of fused-ring (bicyclic) bond motifs is 1. The van der Waals surface area contributed by atoms with Crippen molar-refractivity contribution in [3.05, 3.63) is 29.7 Å². The zero-order valence-electron chi connectivity index (χ0n) is 8.78. The molecule has 0 unspecified atom stereocenters. The molecule has 0 aliphatic heterocycles. The normalized spacial score (nSPS) is 12.6. The van der Waals surface area contributed by atoms with E-state index in [1.807, 2.05) is 0 Å². The number of aromatic nitrogens is 3. The Morgan fingerprint density at radius 2 is 2.00 bits per heavy atom. The average molecular weight is 229 g/mol. The SMILES string of the molecule is CC(C)c1cc(C(F)(F)F)n2nccc2n1. The van der Waals surface area contributed by atoms with E-state index in [2.05, 4.69) is 10.1 Å². The molecule has 86 valence electrons. The van der Waals surface area contributed by atoms with Gasteiger partial charge in [0.2, 0.25) is 0 Å². The van der Waals surface area contributed by atoms with Crippen LogP contribution in [0.25, 0.3) is 5.65 Å². The Balaban J connectivity index is 2.74. The third-order valence-electron chi connectivity index (χ3n) is 2.26. The van der Waals surface area contributed by atoms with Gasteiger partial charge in [-0.05, 0) is 12.0 Å².